The molecule has 0 aliphatic carbocycles. The first kappa shape index (κ1) is 11.1. The normalized spacial score (nSPS) is 20.0. The second-order valence-electron chi connectivity index (χ2n) is 4.04. The molecule has 1 heterocycles. The van der Waals surface area contributed by atoms with E-state index in [2.05, 4.69) is 5.32 Å². The number of nitrogens with one attached hydrogen (secondary N) is 1. The highest BCUT2D eigenvalue weighted by Crippen LogP contribution is 2.24. The van der Waals surface area contributed by atoms with Crippen molar-refractivity contribution in [3.05, 3.63) is 34.3 Å². The number of carbonyl (C=O) groups excluding carboxylic acids is 2. The SMILES string of the molecule is Cc1c(Cl)cccc1CC1CC(=O)NC1=O. The summed E-state index contributed by atoms with van der Waals surface area (Å²) in [6.45, 7) is 1.92. The van der Waals surface area contributed by atoms with Crippen LogP contribution in [0.15, 0.2) is 18.2 Å². The van der Waals surface area contributed by atoms with Crippen LogP contribution in [0.4, 0.5) is 0 Å². The van der Waals surface area contributed by atoms with Gasteiger partial charge in [0.2, 0.25) is 11.8 Å². The largest absolute Gasteiger partial charge is 0.296 e. The second-order valence-corrected chi connectivity index (χ2v) is 4.45. The van der Waals surface area contributed by atoms with Crippen LogP contribution in [0.2, 0.25) is 5.02 Å². The number of carbonyl (C=O) groups is 2. The van der Waals surface area contributed by atoms with Crippen LogP contribution in [-0.2, 0) is 16.0 Å². The molecule has 16 heavy (non-hydrogen) atoms. The van der Waals surface area contributed by atoms with Crippen molar-refractivity contribution >= 4 is 23.4 Å². The Morgan fingerprint density at radius 2 is 2.19 bits per heavy atom. The van der Waals surface area contributed by atoms with Gasteiger partial charge in [-0.15, -0.1) is 0 Å². The van der Waals surface area contributed by atoms with Crippen LogP contribution >= 0.6 is 11.6 Å². The average Bonchev–Trinajstić information content (AvgIpc) is 2.53. The molecular formula is C12H12ClNO2. The molecule has 1 saturated heterocycles. The van der Waals surface area contributed by atoms with Crippen LogP contribution in [0.1, 0.15) is 17.5 Å². The molecule has 4 heteroatoms. The maximum atomic E-state index is 11.4. The standard InChI is InChI=1S/C12H12ClNO2/c1-7-8(3-2-4-10(7)13)5-9-6-11(15)14-12(9)16/h2-4,9H,5-6H2,1H3,(H,14,15,16). The minimum absolute atomic E-state index is 0.177. The Kier molecular flexibility index (Phi) is 2.97. The van der Waals surface area contributed by atoms with Crippen LogP contribution in [0.25, 0.3) is 0 Å². The maximum absolute atomic E-state index is 11.4. The summed E-state index contributed by atoms with van der Waals surface area (Å²) in [7, 11) is 0. The molecule has 1 aliphatic heterocycles. The number of benzene rings is 1. The molecule has 2 rings (SSSR count). The third kappa shape index (κ3) is 2.09. The number of hydrogen-bond acceptors (Lipinski definition) is 2. The van der Waals surface area contributed by atoms with Crippen molar-refractivity contribution in [3.63, 3.8) is 0 Å². The Hall–Kier alpha value is -1.35. The number of imide groups is 1. The van der Waals surface area contributed by atoms with Gasteiger partial charge in [0.05, 0.1) is 5.92 Å². The van der Waals surface area contributed by atoms with E-state index in [4.69, 9.17) is 11.6 Å². The quantitative estimate of drug-likeness (QED) is 0.798. The number of rotatable bonds is 2. The zero-order valence-electron chi connectivity index (χ0n) is 8.92. The van der Waals surface area contributed by atoms with E-state index in [1.165, 1.54) is 0 Å². The summed E-state index contributed by atoms with van der Waals surface area (Å²) in [6, 6.07) is 5.62. The lowest BCUT2D eigenvalue weighted by atomic mass is 9.95. The second kappa shape index (κ2) is 4.26. The Bertz CT molecular complexity index is 456. The monoisotopic (exact) mass is 237 g/mol. The maximum Gasteiger partial charge on any atom is 0.230 e. The molecule has 0 saturated carbocycles. The lowest BCUT2D eigenvalue weighted by Gasteiger charge is -2.10. The van der Waals surface area contributed by atoms with Gasteiger partial charge in [-0.05, 0) is 30.5 Å². The molecule has 3 nitrogen and oxygen atoms in total. The van der Waals surface area contributed by atoms with E-state index in [9.17, 15) is 9.59 Å². The van der Waals surface area contributed by atoms with E-state index in [0.717, 1.165) is 11.1 Å². The zero-order valence-corrected chi connectivity index (χ0v) is 9.67. The lowest BCUT2D eigenvalue weighted by Crippen LogP contribution is -2.23. The highest BCUT2D eigenvalue weighted by molar-refractivity contribution is 6.31. The molecule has 1 aromatic carbocycles. The van der Waals surface area contributed by atoms with E-state index in [1.807, 2.05) is 25.1 Å². The van der Waals surface area contributed by atoms with Crippen LogP contribution in [0, 0.1) is 12.8 Å². The summed E-state index contributed by atoms with van der Waals surface area (Å²) in [6.07, 6.45) is 0.856. The van der Waals surface area contributed by atoms with Crippen molar-refractivity contribution in [1.29, 1.82) is 0 Å². The first-order valence-corrected chi connectivity index (χ1v) is 5.53. The molecule has 84 valence electrons. The molecule has 2 amide bonds. The number of hydrogen-bond donors (Lipinski definition) is 1. The molecule has 1 unspecified atom stereocenters. The van der Waals surface area contributed by atoms with Gasteiger partial charge in [-0.25, -0.2) is 0 Å². The minimum atomic E-state index is -0.246. The van der Waals surface area contributed by atoms with Crippen LogP contribution in [0.3, 0.4) is 0 Å². The summed E-state index contributed by atoms with van der Waals surface area (Å²) >= 11 is 6.00. The fourth-order valence-corrected chi connectivity index (χ4v) is 2.10. The topological polar surface area (TPSA) is 46.2 Å². The van der Waals surface area contributed by atoms with E-state index in [-0.39, 0.29) is 24.2 Å². The molecular weight excluding hydrogens is 226 g/mol. The van der Waals surface area contributed by atoms with Crippen LogP contribution < -0.4 is 5.32 Å². The lowest BCUT2D eigenvalue weighted by molar-refractivity contribution is -0.125. The van der Waals surface area contributed by atoms with Gasteiger partial charge in [0.25, 0.3) is 0 Å². The molecule has 1 N–H and O–H groups in total. The van der Waals surface area contributed by atoms with E-state index < -0.39 is 0 Å². The van der Waals surface area contributed by atoms with Gasteiger partial charge in [0.15, 0.2) is 0 Å². The molecule has 1 fully saturated rings. The predicted octanol–water partition coefficient (Wildman–Crippen LogP) is 1.85. The summed E-state index contributed by atoms with van der Waals surface area (Å²) in [5.41, 5.74) is 2.01. The number of halogens is 1. The van der Waals surface area contributed by atoms with Gasteiger partial charge in [0.1, 0.15) is 0 Å². The molecule has 0 aromatic heterocycles. The minimum Gasteiger partial charge on any atom is -0.296 e. The molecule has 0 spiro atoms. The highest BCUT2D eigenvalue weighted by Gasteiger charge is 2.30. The van der Waals surface area contributed by atoms with E-state index >= 15 is 0 Å². The summed E-state index contributed by atoms with van der Waals surface area (Å²) in [5, 5.41) is 3.01. The van der Waals surface area contributed by atoms with Gasteiger partial charge in [-0.3, -0.25) is 14.9 Å². The van der Waals surface area contributed by atoms with Gasteiger partial charge >= 0.3 is 0 Å². The summed E-state index contributed by atoms with van der Waals surface area (Å²) in [5.74, 6) is -0.608. The van der Waals surface area contributed by atoms with Gasteiger partial charge in [0, 0.05) is 11.4 Å². The van der Waals surface area contributed by atoms with Gasteiger partial charge < -0.3 is 0 Å². The fraction of sp³-hybridized carbons (Fsp3) is 0.333. The highest BCUT2D eigenvalue weighted by atomic mass is 35.5. The van der Waals surface area contributed by atoms with Crippen molar-refractivity contribution < 1.29 is 9.59 Å². The van der Waals surface area contributed by atoms with Crippen molar-refractivity contribution in [2.75, 3.05) is 0 Å². The van der Waals surface area contributed by atoms with Crippen molar-refractivity contribution in [2.24, 2.45) is 5.92 Å². The fourth-order valence-electron chi connectivity index (χ4n) is 1.91. The van der Waals surface area contributed by atoms with Gasteiger partial charge in [-0.1, -0.05) is 23.7 Å². The van der Waals surface area contributed by atoms with Crippen LogP contribution in [0.5, 0.6) is 0 Å². The molecule has 1 aliphatic rings. The Balaban J connectivity index is 2.18. The first-order chi connectivity index (χ1) is 7.58. The number of amides is 2. The van der Waals surface area contributed by atoms with Crippen molar-refractivity contribution in [1.82, 2.24) is 5.32 Å². The Morgan fingerprint density at radius 1 is 1.44 bits per heavy atom. The first-order valence-electron chi connectivity index (χ1n) is 5.15. The molecule has 1 atom stereocenters. The molecule has 0 bridgehead atoms. The smallest absolute Gasteiger partial charge is 0.230 e. The van der Waals surface area contributed by atoms with Gasteiger partial charge in [-0.2, -0.15) is 0 Å². The average molecular weight is 238 g/mol. The zero-order chi connectivity index (χ0) is 11.7. The molecule has 0 radical (unpaired) electrons. The Labute approximate surface area is 98.8 Å². The van der Waals surface area contributed by atoms with Crippen LogP contribution in [-0.4, -0.2) is 11.8 Å². The summed E-state index contributed by atoms with van der Waals surface area (Å²) < 4.78 is 0. The van der Waals surface area contributed by atoms with E-state index in [0.29, 0.717) is 11.4 Å². The van der Waals surface area contributed by atoms with Crippen molar-refractivity contribution in [3.8, 4) is 0 Å². The third-order valence-electron chi connectivity index (χ3n) is 2.91. The van der Waals surface area contributed by atoms with Crippen molar-refractivity contribution in [2.45, 2.75) is 19.8 Å². The molecule has 1 aromatic rings. The predicted molar refractivity (Wildman–Crippen MR) is 61.1 cm³/mol. The Morgan fingerprint density at radius 3 is 2.81 bits per heavy atom. The third-order valence-corrected chi connectivity index (χ3v) is 3.32. The van der Waals surface area contributed by atoms with E-state index in [1.54, 1.807) is 0 Å². The summed E-state index contributed by atoms with van der Waals surface area (Å²) in [4.78, 5) is 22.5.